The lowest BCUT2D eigenvalue weighted by Crippen LogP contribution is -2.07. The minimum absolute atomic E-state index is 0.723. The highest BCUT2D eigenvalue weighted by atomic mass is 35.5. The first kappa shape index (κ1) is 15.5. The lowest BCUT2D eigenvalue weighted by molar-refractivity contribution is 0.198. The summed E-state index contributed by atoms with van der Waals surface area (Å²) in [4.78, 5) is 8.41. The Morgan fingerprint density at radius 3 is 2.76 bits per heavy atom. The third-order valence-electron chi connectivity index (χ3n) is 2.95. The zero-order valence-corrected chi connectivity index (χ0v) is 12.9. The van der Waals surface area contributed by atoms with Crippen molar-refractivity contribution >= 4 is 28.9 Å². The number of methoxy groups -OCH3 is 1. The fourth-order valence-electron chi connectivity index (χ4n) is 1.86. The molecule has 2 aromatic rings. The van der Waals surface area contributed by atoms with Gasteiger partial charge in [-0.25, -0.2) is 9.97 Å². The van der Waals surface area contributed by atoms with Crippen LogP contribution in [0.3, 0.4) is 0 Å². The molecule has 2 rings (SSSR count). The molecule has 1 heterocycles. The SMILES string of the molecule is COCCCNc1cc(Nc2ccc(Cl)cc2C)ncn1. The van der Waals surface area contributed by atoms with Crippen molar-refractivity contribution in [2.24, 2.45) is 0 Å². The van der Waals surface area contributed by atoms with Gasteiger partial charge in [-0.05, 0) is 37.1 Å². The molecule has 0 aliphatic heterocycles. The molecule has 0 saturated heterocycles. The molecule has 0 fully saturated rings. The van der Waals surface area contributed by atoms with Crippen LogP contribution in [-0.4, -0.2) is 30.2 Å². The fraction of sp³-hybridized carbons (Fsp3) is 0.333. The van der Waals surface area contributed by atoms with E-state index in [1.165, 1.54) is 6.33 Å². The van der Waals surface area contributed by atoms with Gasteiger partial charge in [0.25, 0.3) is 0 Å². The Balaban J connectivity index is 2.00. The molecule has 0 bridgehead atoms. The molecule has 0 spiro atoms. The smallest absolute Gasteiger partial charge is 0.135 e. The van der Waals surface area contributed by atoms with E-state index < -0.39 is 0 Å². The van der Waals surface area contributed by atoms with Gasteiger partial charge in [0.15, 0.2) is 0 Å². The molecule has 0 atom stereocenters. The van der Waals surface area contributed by atoms with E-state index in [1.54, 1.807) is 7.11 Å². The number of hydrogen-bond donors (Lipinski definition) is 2. The topological polar surface area (TPSA) is 59.1 Å². The number of rotatable bonds is 7. The van der Waals surface area contributed by atoms with E-state index in [2.05, 4.69) is 20.6 Å². The lowest BCUT2D eigenvalue weighted by atomic mass is 10.2. The summed E-state index contributed by atoms with van der Waals surface area (Å²) in [5.41, 5.74) is 2.04. The number of anilines is 3. The van der Waals surface area contributed by atoms with Crippen LogP contribution in [0, 0.1) is 6.92 Å². The fourth-order valence-corrected chi connectivity index (χ4v) is 2.09. The molecule has 0 aliphatic carbocycles. The van der Waals surface area contributed by atoms with Gasteiger partial charge in [0.2, 0.25) is 0 Å². The van der Waals surface area contributed by atoms with Gasteiger partial charge in [0, 0.05) is 37.0 Å². The highest BCUT2D eigenvalue weighted by molar-refractivity contribution is 6.30. The first-order chi connectivity index (χ1) is 10.2. The van der Waals surface area contributed by atoms with Crippen molar-refractivity contribution in [3.8, 4) is 0 Å². The molecule has 6 heteroatoms. The predicted octanol–water partition coefficient (Wildman–Crippen LogP) is 3.63. The van der Waals surface area contributed by atoms with Gasteiger partial charge in [0.05, 0.1) is 0 Å². The molecule has 0 radical (unpaired) electrons. The Morgan fingerprint density at radius 1 is 1.19 bits per heavy atom. The van der Waals surface area contributed by atoms with Crippen molar-refractivity contribution in [2.75, 3.05) is 30.9 Å². The van der Waals surface area contributed by atoms with Gasteiger partial charge in [-0.2, -0.15) is 0 Å². The Kier molecular flexibility index (Phi) is 5.78. The van der Waals surface area contributed by atoms with Crippen LogP contribution in [0.15, 0.2) is 30.6 Å². The Labute approximate surface area is 129 Å². The van der Waals surface area contributed by atoms with Crippen LogP contribution in [0.4, 0.5) is 17.3 Å². The van der Waals surface area contributed by atoms with Crippen LogP contribution in [0.2, 0.25) is 5.02 Å². The van der Waals surface area contributed by atoms with E-state index in [-0.39, 0.29) is 0 Å². The summed E-state index contributed by atoms with van der Waals surface area (Å²) < 4.78 is 5.01. The third kappa shape index (κ3) is 4.88. The number of nitrogens with zero attached hydrogens (tertiary/aromatic N) is 2. The van der Waals surface area contributed by atoms with Gasteiger partial charge < -0.3 is 15.4 Å². The molecule has 1 aromatic heterocycles. The Morgan fingerprint density at radius 2 is 2.00 bits per heavy atom. The second kappa shape index (κ2) is 7.81. The zero-order chi connectivity index (χ0) is 15.1. The molecule has 5 nitrogen and oxygen atoms in total. The monoisotopic (exact) mass is 306 g/mol. The Bertz CT molecular complexity index is 592. The maximum atomic E-state index is 5.95. The number of halogens is 1. The average molecular weight is 307 g/mol. The van der Waals surface area contributed by atoms with Crippen LogP contribution in [0.1, 0.15) is 12.0 Å². The van der Waals surface area contributed by atoms with E-state index in [0.29, 0.717) is 0 Å². The van der Waals surface area contributed by atoms with E-state index in [1.807, 2.05) is 31.2 Å². The van der Waals surface area contributed by atoms with Crippen LogP contribution >= 0.6 is 11.6 Å². The summed E-state index contributed by atoms with van der Waals surface area (Å²) in [6.45, 7) is 3.54. The number of benzene rings is 1. The predicted molar refractivity (Wildman–Crippen MR) is 86.5 cm³/mol. The summed E-state index contributed by atoms with van der Waals surface area (Å²) >= 11 is 5.95. The number of nitrogens with one attached hydrogen (secondary N) is 2. The largest absolute Gasteiger partial charge is 0.385 e. The number of aryl methyl sites for hydroxylation is 1. The van der Waals surface area contributed by atoms with Crippen molar-refractivity contribution in [1.82, 2.24) is 9.97 Å². The second-order valence-corrected chi connectivity index (χ2v) is 5.08. The van der Waals surface area contributed by atoms with Gasteiger partial charge in [-0.15, -0.1) is 0 Å². The maximum Gasteiger partial charge on any atom is 0.135 e. The van der Waals surface area contributed by atoms with Crippen LogP contribution in [0.25, 0.3) is 0 Å². The molecular formula is C15H19ClN4O. The second-order valence-electron chi connectivity index (χ2n) is 4.65. The van der Waals surface area contributed by atoms with Gasteiger partial charge >= 0.3 is 0 Å². The molecule has 0 aliphatic rings. The van der Waals surface area contributed by atoms with E-state index in [9.17, 15) is 0 Å². The lowest BCUT2D eigenvalue weighted by Gasteiger charge is -2.10. The zero-order valence-electron chi connectivity index (χ0n) is 12.2. The Hall–Kier alpha value is -1.85. The molecule has 112 valence electrons. The third-order valence-corrected chi connectivity index (χ3v) is 3.18. The average Bonchev–Trinajstić information content (AvgIpc) is 2.47. The maximum absolute atomic E-state index is 5.95. The minimum atomic E-state index is 0.723. The number of aromatic nitrogens is 2. The summed E-state index contributed by atoms with van der Waals surface area (Å²) in [5.74, 6) is 1.53. The minimum Gasteiger partial charge on any atom is -0.385 e. The summed E-state index contributed by atoms with van der Waals surface area (Å²) in [6.07, 6.45) is 2.46. The van der Waals surface area contributed by atoms with Crippen LogP contribution < -0.4 is 10.6 Å². The standard InChI is InChI=1S/C15H19ClN4O/c1-11-8-12(16)4-5-13(11)20-15-9-14(18-10-19-15)17-6-3-7-21-2/h4-5,8-10H,3,6-7H2,1-2H3,(H2,17,18,19,20). The van der Waals surface area contributed by atoms with Gasteiger partial charge in [-0.3, -0.25) is 0 Å². The van der Waals surface area contributed by atoms with Crippen LogP contribution in [-0.2, 0) is 4.74 Å². The summed E-state index contributed by atoms with van der Waals surface area (Å²) in [5, 5.41) is 7.23. The number of ether oxygens (including phenoxy) is 1. The molecule has 21 heavy (non-hydrogen) atoms. The first-order valence-electron chi connectivity index (χ1n) is 6.77. The molecule has 0 saturated carbocycles. The quantitative estimate of drug-likeness (QED) is 0.765. The highest BCUT2D eigenvalue weighted by Gasteiger charge is 2.02. The summed E-state index contributed by atoms with van der Waals surface area (Å²) in [7, 11) is 1.70. The van der Waals surface area contributed by atoms with Crippen molar-refractivity contribution in [1.29, 1.82) is 0 Å². The molecule has 0 unspecified atom stereocenters. The van der Waals surface area contributed by atoms with E-state index >= 15 is 0 Å². The van der Waals surface area contributed by atoms with E-state index in [4.69, 9.17) is 16.3 Å². The number of hydrogen-bond acceptors (Lipinski definition) is 5. The molecule has 2 N–H and O–H groups in total. The van der Waals surface area contributed by atoms with Gasteiger partial charge in [-0.1, -0.05) is 11.6 Å². The van der Waals surface area contributed by atoms with Crippen molar-refractivity contribution in [2.45, 2.75) is 13.3 Å². The van der Waals surface area contributed by atoms with Gasteiger partial charge in [0.1, 0.15) is 18.0 Å². The molecular weight excluding hydrogens is 288 g/mol. The first-order valence-corrected chi connectivity index (χ1v) is 7.15. The normalized spacial score (nSPS) is 10.4. The van der Waals surface area contributed by atoms with E-state index in [0.717, 1.165) is 47.5 Å². The van der Waals surface area contributed by atoms with Crippen LogP contribution in [0.5, 0.6) is 0 Å². The highest BCUT2D eigenvalue weighted by Crippen LogP contribution is 2.23. The van der Waals surface area contributed by atoms with Crippen molar-refractivity contribution < 1.29 is 4.74 Å². The van der Waals surface area contributed by atoms with Crippen molar-refractivity contribution in [3.63, 3.8) is 0 Å². The summed E-state index contributed by atoms with van der Waals surface area (Å²) in [6, 6.07) is 7.57. The molecule has 0 amide bonds. The molecule has 1 aromatic carbocycles. The van der Waals surface area contributed by atoms with Crippen molar-refractivity contribution in [3.05, 3.63) is 41.2 Å².